The normalized spacial score (nSPS) is 10.5. The van der Waals surface area contributed by atoms with Crippen molar-refractivity contribution >= 4 is 28.2 Å². The zero-order chi connectivity index (χ0) is 14.8. The highest BCUT2D eigenvalue weighted by Gasteiger charge is 2.14. The van der Waals surface area contributed by atoms with Crippen LogP contribution in [0.1, 0.15) is 10.5 Å². The van der Waals surface area contributed by atoms with Crippen molar-refractivity contribution in [2.45, 2.75) is 0 Å². The van der Waals surface area contributed by atoms with Crippen LogP contribution < -0.4 is 15.8 Å². The Balaban J connectivity index is 1.87. The van der Waals surface area contributed by atoms with E-state index in [0.29, 0.717) is 22.6 Å². The number of carbonyl (C=O) groups is 1. The summed E-state index contributed by atoms with van der Waals surface area (Å²) < 4.78 is 4.96. The van der Waals surface area contributed by atoms with Crippen molar-refractivity contribution in [2.24, 2.45) is 0 Å². The number of nitrogen functional groups attached to an aromatic ring is 1. The minimum absolute atomic E-state index is 0.285. The molecule has 0 aliphatic rings. The van der Waals surface area contributed by atoms with Gasteiger partial charge in [-0.05, 0) is 24.3 Å². The van der Waals surface area contributed by atoms with Gasteiger partial charge in [0, 0.05) is 17.1 Å². The van der Waals surface area contributed by atoms with E-state index in [1.165, 1.54) is 13.3 Å². The fourth-order valence-electron chi connectivity index (χ4n) is 1.97. The highest BCUT2D eigenvalue weighted by Crippen LogP contribution is 2.20. The van der Waals surface area contributed by atoms with Gasteiger partial charge >= 0.3 is 0 Å². The number of methoxy groups -OCH3 is 1. The number of nitrogens with one attached hydrogen (secondary N) is 2. The highest BCUT2D eigenvalue weighted by atomic mass is 16.5. The summed E-state index contributed by atoms with van der Waals surface area (Å²) in [6, 6.07) is 8.60. The van der Waals surface area contributed by atoms with Gasteiger partial charge in [-0.1, -0.05) is 0 Å². The van der Waals surface area contributed by atoms with Crippen molar-refractivity contribution in [3.63, 3.8) is 0 Å². The number of nitrogens with two attached hydrogens (primary N) is 1. The molecule has 0 aliphatic heterocycles. The van der Waals surface area contributed by atoms with Gasteiger partial charge in [0.1, 0.15) is 0 Å². The van der Waals surface area contributed by atoms with E-state index in [-0.39, 0.29) is 11.6 Å². The summed E-state index contributed by atoms with van der Waals surface area (Å²) in [5.74, 6) is 0.143. The number of hydrogen-bond donors (Lipinski definition) is 3. The van der Waals surface area contributed by atoms with Crippen molar-refractivity contribution in [3.8, 4) is 5.88 Å². The monoisotopic (exact) mass is 283 g/mol. The fraction of sp³-hybridized carbons (Fsp3) is 0.0714. The maximum Gasteiger partial charge on any atom is 0.276 e. The third kappa shape index (κ3) is 2.48. The van der Waals surface area contributed by atoms with Gasteiger partial charge in [-0.15, -0.1) is 0 Å². The van der Waals surface area contributed by atoms with E-state index in [4.69, 9.17) is 10.5 Å². The molecule has 7 nitrogen and oxygen atoms in total. The molecular weight excluding hydrogens is 270 g/mol. The zero-order valence-corrected chi connectivity index (χ0v) is 11.3. The number of H-pyrrole nitrogens is 1. The summed E-state index contributed by atoms with van der Waals surface area (Å²) in [5, 5.41) is 10.2. The molecule has 3 aromatic rings. The van der Waals surface area contributed by atoms with Gasteiger partial charge in [0.2, 0.25) is 5.88 Å². The number of aromatic nitrogens is 3. The second kappa shape index (κ2) is 5.12. The minimum atomic E-state index is -0.334. The average Bonchev–Trinajstić information content (AvgIpc) is 2.91. The summed E-state index contributed by atoms with van der Waals surface area (Å²) >= 11 is 0. The average molecular weight is 283 g/mol. The van der Waals surface area contributed by atoms with Gasteiger partial charge in [0.15, 0.2) is 5.69 Å². The van der Waals surface area contributed by atoms with E-state index in [1.807, 2.05) is 0 Å². The van der Waals surface area contributed by atoms with Gasteiger partial charge in [-0.2, -0.15) is 5.10 Å². The summed E-state index contributed by atoms with van der Waals surface area (Å²) in [4.78, 5) is 16.3. The molecule has 0 unspecified atom stereocenters. The topological polar surface area (TPSA) is 106 Å². The first-order valence-electron chi connectivity index (χ1n) is 6.22. The minimum Gasteiger partial charge on any atom is -0.481 e. The van der Waals surface area contributed by atoms with E-state index in [1.54, 1.807) is 30.3 Å². The predicted molar refractivity (Wildman–Crippen MR) is 79.2 cm³/mol. The lowest BCUT2D eigenvalue weighted by Crippen LogP contribution is -2.13. The first-order valence-corrected chi connectivity index (χ1v) is 6.22. The standard InChI is InChI=1S/C14H13N5O2/c1-21-12-5-3-9(7-16-12)17-14(20)13-10-6-8(15)2-4-11(10)18-19-13/h2-7H,15H2,1H3,(H,17,20)(H,18,19). The van der Waals surface area contributed by atoms with Crippen LogP contribution in [0.15, 0.2) is 36.5 Å². The Bertz CT molecular complexity index is 795. The smallest absolute Gasteiger partial charge is 0.276 e. The Kier molecular flexibility index (Phi) is 3.15. The van der Waals surface area contributed by atoms with Crippen LogP contribution in [0, 0.1) is 0 Å². The Labute approximate surface area is 120 Å². The van der Waals surface area contributed by atoms with Crippen molar-refractivity contribution < 1.29 is 9.53 Å². The third-order valence-corrected chi connectivity index (χ3v) is 3.01. The molecule has 2 aromatic heterocycles. The Morgan fingerprint density at radius 2 is 2.19 bits per heavy atom. The van der Waals surface area contributed by atoms with Crippen LogP contribution in [-0.4, -0.2) is 28.2 Å². The molecule has 4 N–H and O–H groups in total. The molecule has 106 valence electrons. The molecular formula is C14H13N5O2. The molecule has 21 heavy (non-hydrogen) atoms. The molecule has 0 saturated carbocycles. The van der Waals surface area contributed by atoms with Crippen LogP contribution in [0.3, 0.4) is 0 Å². The molecule has 2 heterocycles. The maximum atomic E-state index is 12.3. The molecule has 0 atom stereocenters. The highest BCUT2D eigenvalue weighted by molar-refractivity contribution is 6.11. The number of hydrogen-bond acceptors (Lipinski definition) is 5. The molecule has 0 fully saturated rings. The lowest BCUT2D eigenvalue weighted by Gasteiger charge is -2.04. The van der Waals surface area contributed by atoms with Gasteiger partial charge in [0.05, 0.1) is 24.5 Å². The van der Waals surface area contributed by atoms with Gasteiger partial charge in [-0.25, -0.2) is 4.98 Å². The third-order valence-electron chi connectivity index (χ3n) is 3.01. The van der Waals surface area contributed by atoms with Crippen LogP contribution in [0.25, 0.3) is 10.9 Å². The first-order chi connectivity index (χ1) is 10.2. The first kappa shape index (κ1) is 12.9. The number of benzene rings is 1. The van der Waals surface area contributed by atoms with Crippen molar-refractivity contribution in [1.82, 2.24) is 15.2 Å². The Morgan fingerprint density at radius 1 is 1.33 bits per heavy atom. The lowest BCUT2D eigenvalue weighted by atomic mass is 10.2. The molecule has 1 amide bonds. The van der Waals surface area contributed by atoms with E-state index in [0.717, 1.165) is 5.52 Å². The summed E-state index contributed by atoms with van der Waals surface area (Å²) in [6.07, 6.45) is 1.51. The number of aromatic amines is 1. The SMILES string of the molecule is COc1ccc(NC(=O)c2n[nH]c3ccc(N)cc23)cn1. The predicted octanol–water partition coefficient (Wildman–Crippen LogP) is 1.80. The zero-order valence-electron chi connectivity index (χ0n) is 11.3. The number of rotatable bonds is 3. The molecule has 7 heteroatoms. The van der Waals surface area contributed by atoms with Gasteiger partial charge < -0.3 is 15.8 Å². The summed E-state index contributed by atoms with van der Waals surface area (Å²) in [6.45, 7) is 0. The fourth-order valence-corrected chi connectivity index (χ4v) is 1.97. The van der Waals surface area contributed by atoms with E-state index in [9.17, 15) is 4.79 Å². The molecule has 3 rings (SSSR count). The summed E-state index contributed by atoms with van der Waals surface area (Å²) in [5.41, 5.74) is 7.91. The maximum absolute atomic E-state index is 12.3. The van der Waals surface area contributed by atoms with Crippen LogP contribution in [0.2, 0.25) is 0 Å². The van der Waals surface area contributed by atoms with Crippen molar-refractivity contribution in [2.75, 3.05) is 18.2 Å². The van der Waals surface area contributed by atoms with Crippen LogP contribution in [-0.2, 0) is 0 Å². The van der Waals surface area contributed by atoms with Crippen LogP contribution >= 0.6 is 0 Å². The van der Waals surface area contributed by atoms with E-state index in [2.05, 4.69) is 20.5 Å². The Hall–Kier alpha value is -3.09. The van der Waals surface area contributed by atoms with E-state index >= 15 is 0 Å². The van der Waals surface area contributed by atoms with Gasteiger partial charge in [0.25, 0.3) is 5.91 Å². The van der Waals surface area contributed by atoms with Crippen LogP contribution in [0.4, 0.5) is 11.4 Å². The van der Waals surface area contributed by atoms with Gasteiger partial charge in [-0.3, -0.25) is 9.89 Å². The number of amides is 1. The number of nitrogens with zero attached hydrogens (tertiary/aromatic N) is 2. The molecule has 0 saturated heterocycles. The number of pyridine rings is 1. The molecule has 0 spiro atoms. The molecule has 0 aliphatic carbocycles. The Morgan fingerprint density at radius 3 is 2.90 bits per heavy atom. The lowest BCUT2D eigenvalue weighted by molar-refractivity contribution is 0.102. The van der Waals surface area contributed by atoms with Crippen LogP contribution in [0.5, 0.6) is 5.88 Å². The molecule has 0 radical (unpaired) electrons. The number of carbonyl (C=O) groups excluding carboxylic acids is 1. The largest absolute Gasteiger partial charge is 0.481 e. The molecule has 0 bridgehead atoms. The van der Waals surface area contributed by atoms with E-state index < -0.39 is 0 Å². The van der Waals surface area contributed by atoms with Crippen molar-refractivity contribution in [3.05, 3.63) is 42.2 Å². The number of ether oxygens (including phenoxy) is 1. The second-order valence-electron chi connectivity index (χ2n) is 4.42. The number of anilines is 2. The summed E-state index contributed by atoms with van der Waals surface area (Å²) in [7, 11) is 1.53. The second-order valence-corrected chi connectivity index (χ2v) is 4.42. The molecule has 1 aromatic carbocycles. The number of fused-ring (bicyclic) bond motifs is 1. The van der Waals surface area contributed by atoms with Crippen molar-refractivity contribution in [1.29, 1.82) is 0 Å². The quantitative estimate of drug-likeness (QED) is 0.635.